The first kappa shape index (κ1) is 28.1. The number of fused-ring (bicyclic) bond motifs is 3. The number of Topliss-reactive ketones (excluding diaryl/α,β-unsaturated/α-hetero) is 4. The molecular formula is C29H29N3O9. The van der Waals surface area contributed by atoms with Crippen LogP contribution in [0.2, 0.25) is 0 Å². The van der Waals surface area contributed by atoms with E-state index in [0.717, 1.165) is 19.3 Å². The minimum Gasteiger partial charge on any atom is -0.508 e. The van der Waals surface area contributed by atoms with Gasteiger partial charge in [-0.2, -0.15) is 0 Å². The van der Waals surface area contributed by atoms with Crippen molar-refractivity contribution >= 4 is 28.9 Å². The number of nitrogens with zero attached hydrogens (tertiary/aromatic N) is 2. The lowest BCUT2D eigenvalue weighted by Crippen LogP contribution is -2.65. The number of H-pyrrole nitrogens is 1. The number of benzene rings is 1. The molecule has 41 heavy (non-hydrogen) atoms. The molecule has 1 aromatic carbocycles. The summed E-state index contributed by atoms with van der Waals surface area (Å²) >= 11 is 0. The van der Waals surface area contributed by atoms with Crippen LogP contribution in [0, 0.1) is 11.8 Å². The molecule has 5 N–H and O–H groups in total. The van der Waals surface area contributed by atoms with Crippen molar-refractivity contribution in [2.75, 3.05) is 14.1 Å². The topological polar surface area (TPSA) is 198 Å². The number of carbonyl (C=O) groups excluding carboxylic acids is 4. The third-order valence-corrected chi connectivity index (χ3v) is 8.39. The number of phenolic OH excluding ortho intramolecular Hbond substituents is 1. The first-order valence-corrected chi connectivity index (χ1v) is 13.1. The van der Waals surface area contributed by atoms with Crippen LogP contribution in [0.25, 0.3) is 5.76 Å². The number of aliphatic hydroxyl groups is 3. The number of rotatable bonds is 6. The molecule has 1 fully saturated rings. The molecule has 0 bridgehead atoms. The Kier molecular flexibility index (Phi) is 6.79. The minimum atomic E-state index is -2.64. The van der Waals surface area contributed by atoms with Crippen LogP contribution in [-0.4, -0.2) is 84.2 Å². The normalized spacial score (nSPS) is 25.6. The van der Waals surface area contributed by atoms with Gasteiger partial charge < -0.3 is 25.4 Å². The van der Waals surface area contributed by atoms with Gasteiger partial charge in [-0.15, -0.1) is 0 Å². The molecule has 12 heteroatoms. The maximum absolute atomic E-state index is 13.9. The predicted molar refractivity (Wildman–Crippen MR) is 143 cm³/mol. The van der Waals surface area contributed by atoms with Gasteiger partial charge >= 0.3 is 0 Å². The monoisotopic (exact) mass is 563 g/mol. The van der Waals surface area contributed by atoms with Gasteiger partial charge in [-0.25, -0.2) is 4.98 Å². The summed E-state index contributed by atoms with van der Waals surface area (Å²) in [4.78, 5) is 71.5. The van der Waals surface area contributed by atoms with Crippen LogP contribution in [0.1, 0.15) is 46.9 Å². The highest BCUT2D eigenvalue weighted by Gasteiger charge is 2.64. The maximum atomic E-state index is 13.9. The Balaban J connectivity index is 1.58. The van der Waals surface area contributed by atoms with Gasteiger partial charge in [0.1, 0.15) is 28.5 Å². The summed E-state index contributed by atoms with van der Waals surface area (Å²) < 4.78 is 0. The third-order valence-electron chi connectivity index (χ3n) is 8.39. The standard InChI is InChI=1S/C29H29N3O9/c1-12(33)21-26(38)24(32(2)3)16-9-14-8-15-13(4-6-18(34)17-10-20(36)31-11-30-17)5-7-19(35)23(15)25(37)22(14)28(40)29(16,41)27(21)39/h5,7,10-11,14,16,24,35,37,39,41H,4,6,8-9H2,1-3H3,(H,30,31,36)/t14-,16-,24?,29+/m0/s1. The van der Waals surface area contributed by atoms with Gasteiger partial charge in [-0.3, -0.25) is 28.9 Å². The lowest BCUT2D eigenvalue weighted by molar-refractivity contribution is -0.153. The van der Waals surface area contributed by atoms with Crippen LogP contribution >= 0.6 is 0 Å². The van der Waals surface area contributed by atoms with Gasteiger partial charge in [0.05, 0.1) is 17.9 Å². The molecule has 214 valence electrons. The van der Waals surface area contributed by atoms with Crippen LogP contribution < -0.4 is 5.56 Å². The lowest BCUT2D eigenvalue weighted by Gasteiger charge is -2.50. The second kappa shape index (κ2) is 9.89. The number of aromatic nitrogens is 2. The van der Waals surface area contributed by atoms with E-state index < -0.39 is 63.5 Å². The van der Waals surface area contributed by atoms with E-state index in [1.54, 1.807) is 20.2 Å². The fraction of sp³-hybridized carbons (Fsp3) is 0.379. The Morgan fingerprint density at radius 3 is 2.49 bits per heavy atom. The Morgan fingerprint density at radius 2 is 1.85 bits per heavy atom. The van der Waals surface area contributed by atoms with E-state index in [2.05, 4.69) is 9.97 Å². The molecule has 0 amide bonds. The van der Waals surface area contributed by atoms with Gasteiger partial charge in [0, 0.05) is 24.0 Å². The summed E-state index contributed by atoms with van der Waals surface area (Å²) in [5, 5.41) is 44.7. The van der Waals surface area contributed by atoms with E-state index in [4.69, 9.17) is 0 Å². The lowest BCUT2D eigenvalue weighted by atomic mass is 9.57. The number of carbonyl (C=O) groups is 4. The highest BCUT2D eigenvalue weighted by Crippen LogP contribution is 2.53. The molecule has 3 aliphatic rings. The van der Waals surface area contributed by atoms with E-state index >= 15 is 0 Å². The molecule has 2 aromatic rings. The fourth-order valence-electron chi connectivity index (χ4n) is 6.54. The molecule has 4 atom stereocenters. The Morgan fingerprint density at radius 1 is 1.15 bits per heavy atom. The molecule has 3 aliphatic carbocycles. The van der Waals surface area contributed by atoms with Crippen molar-refractivity contribution in [2.45, 2.75) is 44.2 Å². The van der Waals surface area contributed by atoms with Gasteiger partial charge in [-0.05, 0) is 63.4 Å². The van der Waals surface area contributed by atoms with E-state index in [9.17, 15) is 44.4 Å². The minimum absolute atomic E-state index is 0.00178. The van der Waals surface area contributed by atoms with Gasteiger partial charge in [0.15, 0.2) is 23.0 Å². The van der Waals surface area contributed by atoms with Crippen LogP contribution in [0.3, 0.4) is 0 Å². The van der Waals surface area contributed by atoms with E-state index in [0.29, 0.717) is 11.1 Å². The van der Waals surface area contributed by atoms with E-state index in [1.165, 1.54) is 11.0 Å². The van der Waals surface area contributed by atoms with Crippen molar-refractivity contribution in [3.8, 4) is 5.75 Å². The van der Waals surface area contributed by atoms with Crippen molar-refractivity contribution in [3.63, 3.8) is 0 Å². The number of nitrogens with one attached hydrogen (secondary N) is 1. The summed E-state index contributed by atoms with van der Waals surface area (Å²) in [6.07, 6.45) is 1.41. The average molecular weight is 564 g/mol. The van der Waals surface area contributed by atoms with Gasteiger partial charge in [-0.1, -0.05) is 6.07 Å². The zero-order valence-corrected chi connectivity index (χ0v) is 22.6. The molecule has 0 saturated heterocycles. The fourth-order valence-corrected chi connectivity index (χ4v) is 6.54. The Bertz CT molecular complexity index is 1650. The van der Waals surface area contributed by atoms with Crippen molar-refractivity contribution in [3.05, 3.63) is 74.2 Å². The molecular weight excluding hydrogens is 534 g/mol. The Labute approximate surface area is 233 Å². The first-order chi connectivity index (χ1) is 19.3. The Hall–Kier alpha value is -4.42. The van der Waals surface area contributed by atoms with Crippen molar-refractivity contribution in [2.24, 2.45) is 11.8 Å². The highest BCUT2D eigenvalue weighted by atomic mass is 16.3. The van der Waals surface area contributed by atoms with Crippen molar-refractivity contribution in [1.29, 1.82) is 0 Å². The smallest absolute Gasteiger partial charge is 0.251 e. The van der Waals surface area contributed by atoms with Crippen LogP contribution in [0.4, 0.5) is 0 Å². The van der Waals surface area contributed by atoms with Gasteiger partial charge in [0.25, 0.3) is 5.56 Å². The van der Waals surface area contributed by atoms with Crippen molar-refractivity contribution < 1.29 is 39.6 Å². The molecule has 1 aromatic heterocycles. The zero-order chi connectivity index (χ0) is 30.0. The molecule has 1 heterocycles. The van der Waals surface area contributed by atoms with Gasteiger partial charge in [0.2, 0.25) is 5.78 Å². The second-order valence-corrected chi connectivity index (χ2v) is 11.0. The van der Waals surface area contributed by atoms with Crippen molar-refractivity contribution in [1.82, 2.24) is 14.9 Å². The number of aryl methyl sites for hydroxylation is 1. The van der Waals surface area contributed by atoms with E-state index in [-0.39, 0.29) is 54.0 Å². The number of hydrogen-bond acceptors (Lipinski definition) is 11. The molecule has 1 unspecified atom stereocenters. The largest absolute Gasteiger partial charge is 0.508 e. The maximum Gasteiger partial charge on any atom is 0.251 e. The summed E-state index contributed by atoms with van der Waals surface area (Å²) in [6.45, 7) is 1.06. The zero-order valence-electron chi connectivity index (χ0n) is 22.6. The average Bonchev–Trinajstić information content (AvgIpc) is 2.89. The van der Waals surface area contributed by atoms with Crippen LogP contribution in [0.5, 0.6) is 5.75 Å². The number of phenols is 1. The quantitative estimate of drug-likeness (QED) is 0.248. The number of aromatic amines is 1. The van der Waals surface area contributed by atoms with Crippen LogP contribution in [0.15, 0.2) is 46.2 Å². The molecule has 0 radical (unpaired) electrons. The summed E-state index contributed by atoms with van der Waals surface area (Å²) in [7, 11) is 3.13. The molecule has 1 saturated carbocycles. The molecule has 5 rings (SSSR count). The predicted octanol–water partition coefficient (Wildman–Crippen LogP) is 0.967. The number of hydrogen-bond donors (Lipinski definition) is 5. The molecule has 0 aliphatic heterocycles. The molecule has 12 nitrogen and oxygen atoms in total. The third kappa shape index (κ3) is 4.21. The summed E-state index contributed by atoms with van der Waals surface area (Å²) in [5.74, 6) is -6.71. The number of aromatic hydroxyl groups is 1. The first-order valence-electron chi connectivity index (χ1n) is 13.1. The number of aliphatic hydroxyl groups excluding tert-OH is 2. The highest BCUT2D eigenvalue weighted by molar-refractivity contribution is 6.25. The number of ketones is 4. The summed E-state index contributed by atoms with van der Waals surface area (Å²) in [6, 6.07) is 2.91. The SMILES string of the molecule is CC(=O)C1=C(O)[C@@]2(O)C(=O)C3=C(O)c4c(O)ccc(CCC(=O)c5cc(=O)[nH]cn5)c4C[C@H]3C[C@H]2C(N(C)C)C1=O. The second-order valence-electron chi connectivity index (χ2n) is 11.0. The molecule has 0 spiro atoms. The number of likely N-dealkylation sites (N-methyl/N-ethyl adjacent to an activating group) is 1. The van der Waals surface area contributed by atoms with Crippen LogP contribution in [-0.2, 0) is 27.2 Å². The van der Waals surface area contributed by atoms with E-state index in [1.807, 2.05) is 0 Å². The summed E-state index contributed by atoms with van der Waals surface area (Å²) in [5.41, 5.74) is -2.90.